The van der Waals surface area contributed by atoms with E-state index in [-0.39, 0.29) is 0 Å². The quantitative estimate of drug-likeness (QED) is 0.382. The van der Waals surface area contributed by atoms with Gasteiger partial charge in [-0.25, -0.2) is 0 Å². The van der Waals surface area contributed by atoms with E-state index in [2.05, 4.69) is 15.6 Å². The molecule has 6 heteroatoms. The Morgan fingerprint density at radius 3 is 2.56 bits per heavy atom. The summed E-state index contributed by atoms with van der Waals surface area (Å²) in [7, 11) is 1.75. The van der Waals surface area contributed by atoms with Crippen molar-refractivity contribution in [2.75, 3.05) is 20.2 Å². The number of nitrogens with zero attached hydrogens (tertiary/aromatic N) is 1. The lowest BCUT2D eigenvalue weighted by Gasteiger charge is -2.22. The second-order valence-corrected chi connectivity index (χ2v) is 6.40. The predicted octanol–water partition coefficient (Wildman–Crippen LogP) is 2.19. The first-order chi connectivity index (χ1) is 12.2. The summed E-state index contributed by atoms with van der Waals surface area (Å²) in [5, 5.41) is 6.55. The van der Waals surface area contributed by atoms with Gasteiger partial charge in [0, 0.05) is 32.3 Å². The highest BCUT2D eigenvalue weighted by molar-refractivity contribution is 5.92. The summed E-state index contributed by atoms with van der Waals surface area (Å²) in [4.78, 5) is 15.3. The highest BCUT2D eigenvalue weighted by atomic mass is 16.5. The first kappa shape index (κ1) is 19.2. The van der Waals surface area contributed by atoms with Crippen molar-refractivity contribution >= 4 is 11.9 Å². The van der Waals surface area contributed by atoms with Crippen LogP contribution in [0, 0.1) is 0 Å². The number of primary amides is 1. The zero-order valence-corrected chi connectivity index (χ0v) is 15.1. The van der Waals surface area contributed by atoms with Gasteiger partial charge in [0.2, 0.25) is 5.91 Å². The Balaban J connectivity index is 1.60. The fourth-order valence-electron chi connectivity index (χ4n) is 2.95. The van der Waals surface area contributed by atoms with Gasteiger partial charge < -0.3 is 21.1 Å². The molecular weight excluding hydrogens is 316 g/mol. The zero-order chi connectivity index (χ0) is 17.9. The Labute approximate surface area is 150 Å². The summed E-state index contributed by atoms with van der Waals surface area (Å²) in [6.07, 6.45) is 7.82. The predicted molar refractivity (Wildman–Crippen MR) is 101 cm³/mol. The number of carbonyl (C=O) groups is 1. The van der Waals surface area contributed by atoms with Gasteiger partial charge in [-0.3, -0.25) is 9.79 Å². The Morgan fingerprint density at radius 1 is 1.20 bits per heavy atom. The average Bonchev–Trinajstić information content (AvgIpc) is 2.65. The van der Waals surface area contributed by atoms with Crippen LogP contribution >= 0.6 is 0 Å². The molecule has 1 aliphatic carbocycles. The summed E-state index contributed by atoms with van der Waals surface area (Å²) in [6.45, 7) is 2.26. The fraction of sp³-hybridized carbons (Fsp3) is 0.579. The topological polar surface area (TPSA) is 88.7 Å². The van der Waals surface area contributed by atoms with Crippen molar-refractivity contribution in [3.63, 3.8) is 0 Å². The van der Waals surface area contributed by atoms with Gasteiger partial charge in [0.15, 0.2) is 5.96 Å². The molecule has 6 nitrogen and oxygen atoms in total. The molecule has 0 unspecified atom stereocenters. The van der Waals surface area contributed by atoms with Crippen molar-refractivity contribution in [3.05, 3.63) is 35.4 Å². The van der Waals surface area contributed by atoms with E-state index in [1.165, 1.54) is 32.1 Å². The van der Waals surface area contributed by atoms with Gasteiger partial charge in [-0.15, -0.1) is 0 Å². The molecule has 0 heterocycles. The number of ether oxygens (including phenoxy) is 1. The lowest BCUT2D eigenvalue weighted by Crippen LogP contribution is -2.37. The first-order valence-electron chi connectivity index (χ1n) is 9.14. The van der Waals surface area contributed by atoms with Crippen LogP contribution in [0.25, 0.3) is 0 Å². The van der Waals surface area contributed by atoms with Crippen LogP contribution in [0.5, 0.6) is 0 Å². The molecule has 0 bridgehead atoms. The fourth-order valence-corrected chi connectivity index (χ4v) is 2.95. The molecule has 1 aliphatic rings. The Kier molecular flexibility index (Phi) is 8.25. The van der Waals surface area contributed by atoms with Crippen molar-refractivity contribution in [1.29, 1.82) is 0 Å². The van der Waals surface area contributed by atoms with Gasteiger partial charge in [-0.2, -0.15) is 0 Å². The summed E-state index contributed by atoms with van der Waals surface area (Å²) < 4.78 is 5.92. The highest BCUT2D eigenvalue weighted by Crippen LogP contribution is 2.20. The van der Waals surface area contributed by atoms with Crippen molar-refractivity contribution < 1.29 is 9.53 Å². The molecule has 0 aliphatic heterocycles. The number of carbonyl (C=O) groups excluding carboxylic acids is 1. The molecule has 2 rings (SSSR count). The largest absolute Gasteiger partial charge is 0.378 e. The Bertz CT molecular complexity index is 551. The first-order valence-corrected chi connectivity index (χ1v) is 9.14. The van der Waals surface area contributed by atoms with E-state index in [0.717, 1.165) is 31.1 Å². The van der Waals surface area contributed by atoms with Crippen molar-refractivity contribution in [3.8, 4) is 0 Å². The third-order valence-electron chi connectivity index (χ3n) is 4.44. The van der Waals surface area contributed by atoms with E-state index in [0.29, 0.717) is 18.2 Å². The van der Waals surface area contributed by atoms with E-state index < -0.39 is 5.91 Å². The molecule has 0 atom stereocenters. The number of nitrogens with one attached hydrogen (secondary N) is 2. The van der Waals surface area contributed by atoms with Crippen molar-refractivity contribution in [1.82, 2.24) is 10.6 Å². The van der Waals surface area contributed by atoms with Crippen LogP contribution in [0.4, 0.5) is 0 Å². The van der Waals surface area contributed by atoms with Gasteiger partial charge >= 0.3 is 0 Å². The van der Waals surface area contributed by atoms with Crippen molar-refractivity contribution in [2.24, 2.45) is 10.7 Å². The van der Waals surface area contributed by atoms with Crippen LogP contribution in [0.15, 0.2) is 29.3 Å². The molecule has 4 N–H and O–H groups in total. The number of guanidine groups is 1. The van der Waals surface area contributed by atoms with Crippen LogP contribution in [0.1, 0.15) is 54.4 Å². The van der Waals surface area contributed by atoms with Crippen LogP contribution in [-0.4, -0.2) is 38.2 Å². The second kappa shape index (κ2) is 10.7. The van der Waals surface area contributed by atoms with Gasteiger partial charge in [-0.1, -0.05) is 31.4 Å². The third-order valence-corrected chi connectivity index (χ3v) is 4.44. The van der Waals surface area contributed by atoms with Crippen LogP contribution in [-0.2, 0) is 11.3 Å². The third kappa shape index (κ3) is 7.13. The Morgan fingerprint density at radius 2 is 1.92 bits per heavy atom. The van der Waals surface area contributed by atoms with Gasteiger partial charge in [0.1, 0.15) is 0 Å². The maximum Gasteiger partial charge on any atom is 0.248 e. The molecule has 1 aromatic rings. The smallest absolute Gasteiger partial charge is 0.248 e. The van der Waals surface area contributed by atoms with E-state index >= 15 is 0 Å². The van der Waals surface area contributed by atoms with Gasteiger partial charge in [0.05, 0.1) is 6.10 Å². The van der Waals surface area contributed by atoms with Gasteiger partial charge in [0.25, 0.3) is 0 Å². The van der Waals surface area contributed by atoms with E-state index in [1.807, 2.05) is 12.1 Å². The monoisotopic (exact) mass is 346 g/mol. The maximum absolute atomic E-state index is 11.1. The molecule has 1 aromatic carbocycles. The molecule has 1 fully saturated rings. The number of hydrogen-bond donors (Lipinski definition) is 3. The lowest BCUT2D eigenvalue weighted by atomic mass is 9.98. The van der Waals surface area contributed by atoms with E-state index in [9.17, 15) is 4.79 Å². The zero-order valence-electron chi connectivity index (χ0n) is 15.1. The number of nitrogens with two attached hydrogens (primary N) is 1. The van der Waals surface area contributed by atoms with E-state index in [1.54, 1.807) is 19.2 Å². The minimum absolute atomic E-state index is 0.410. The normalized spacial score (nSPS) is 15.8. The molecule has 0 radical (unpaired) electrons. The summed E-state index contributed by atoms with van der Waals surface area (Å²) in [5.41, 5.74) is 6.82. The summed E-state index contributed by atoms with van der Waals surface area (Å²) in [6, 6.07) is 7.24. The molecule has 1 amide bonds. The molecular formula is C19H30N4O2. The SMILES string of the molecule is CN=C(NCCCOC1CCCCC1)NCc1ccc(C(N)=O)cc1. The van der Waals surface area contributed by atoms with Crippen LogP contribution in [0.2, 0.25) is 0 Å². The molecule has 1 saturated carbocycles. The minimum atomic E-state index is -0.410. The van der Waals surface area contributed by atoms with Gasteiger partial charge in [-0.05, 0) is 37.0 Å². The molecule has 25 heavy (non-hydrogen) atoms. The van der Waals surface area contributed by atoms with Crippen LogP contribution < -0.4 is 16.4 Å². The van der Waals surface area contributed by atoms with E-state index in [4.69, 9.17) is 10.5 Å². The lowest BCUT2D eigenvalue weighted by molar-refractivity contribution is 0.0277. The van der Waals surface area contributed by atoms with Crippen molar-refractivity contribution in [2.45, 2.75) is 51.2 Å². The molecule has 138 valence electrons. The molecule has 0 saturated heterocycles. The maximum atomic E-state index is 11.1. The minimum Gasteiger partial charge on any atom is -0.378 e. The summed E-state index contributed by atoms with van der Waals surface area (Å²) >= 11 is 0. The number of amides is 1. The number of rotatable bonds is 8. The average molecular weight is 346 g/mol. The molecule has 0 spiro atoms. The number of hydrogen-bond acceptors (Lipinski definition) is 3. The summed E-state index contributed by atoms with van der Waals surface area (Å²) in [5.74, 6) is 0.351. The standard InChI is InChI=1S/C19H30N4O2/c1-21-19(22-12-5-13-25-17-6-3-2-4-7-17)23-14-15-8-10-16(11-9-15)18(20)24/h8-11,17H,2-7,12-14H2,1H3,(H2,20,24)(H2,21,22,23). The second-order valence-electron chi connectivity index (χ2n) is 6.40. The number of benzene rings is 1. The highest BCUT2D eigenvalue weighted by Gasteiger charge is 2.12. The Hall–Kier alpha value is -2.08. The number of aliphatic imine (C=N–C) groups is 1. The molecule has 0 aromatic heterocycles. The van der Waals surface area contributed by atoms with Crippen LogP contribution in [0.3, 0.4) is 0 Å².